The predicted molar refractivity (Wildman–Crippen MR) is 81.5 cm³/mol. The number of aliphatic hydroxyl groups is 1. The van der Waals surface area contributed by atoms with E-state index in [0.717, 1.165) is 36.1 Å². The van der Waals surface area contributed by atoms with Crippen LogP contribution in [-0.4, -0.2) is 38.2 Å². The van der Waals surface area contributed by atoms with E-state index in [2.05, 4.69) is 14.9 Å². The van der Waals surface area contributed by atoms with Crippen molar-refractivity contribution in [3.8, 4) is 0 Å². The van der Waals surface area contributed by atoms with Crippen LogP contribution in [0.3, 0.4) is 0 Å². The van der Waals surface area contributed by atoms with E-state index >= 15 is 0 Å². The highest BCUT2D eigenvalue weighted by molar-refractivity contribution is 5.87. The van der Waals surface area contributed by atoms with Crippen LogP contribution >= 0.6 is 0 Å². The molecule has 0 saturated carbocycles. The van der Waals surface area contributed by atoms with E-state index in [4.69, 9.17) is 5.73 Å². The lowest BCUT2D eigenvalue weighted by atomic mass is 10.00. The molecule has 2 aromatic rings. The SMILES string of the molecule is Nc1nc(CN2C3CCC2CC(O)C3)nc2ccccc12. The number of benzene rings is 1. The number of nitrogen functional groups attached to an aromatic ring is 1. The van der Waals surface area contributed by atoms with Crippen LogP contribution in [0.5, 0.6) is 0 Å². The molecule has 110 valence electrons. The lowest BCUT2D eigenvalue weighted by molar-refractivity contribution is 0.0297. The van der Waals surface area contributed by atoms with E-state index in [1.165, 1.54) is 12.8 Å². The van der Waals surface area contributed by atoms with Crippen molar-refractivity contribution >= 4 is 16.7 Å². The molecule has 0 radical (unpaired) electrons. The molecule has 3 N–H and O–H groups in total. The quantitative estimate of drug-likeness (QED) is 0.878. The second kappa shape index (κ2) is 4.93. The number of aromatic nitrogens is 2. The number of nitrogens with zero attached hydrogens (tertiary/aromatic N) is 3. The van der Waals surface area contributed by atoms with Crippen molar-refractivity contribution in [2.24, 2.45) is 0 Å². The molecule has 0 aliphatic carbocycles. The van der Waals surface area contributed by atoms with Crippen molar-refractivity contribution < 1.29 is 5.11 Å². The molecule has 0 amide bonds. The van der Waals surface area contributed by atoms with E-state index in [-0.39, 0.29) is 6.10 Å². The molecule has 2 saturated heterocycles. The first-order valence-electron chi connectivity index (χ1n) is 7.65. The zero-order valence-electron chi connectivity index (χ0n) is 11.9. The fourth-order valence-corrected chi connectivity index (χ4v) is 3.89. The Balaban J connectivity index is 1.63. The van der Waals surface area contributed by atoms with Crippen LogP contribution < -0.4 is 5.73 Å². The van der Waals surface area contributed by atoms with E-state index < -0.39 is 0 Å². The second-order valence-electron chi connectivity index (χ2n) is 6.22. The third kappa shape index (κ3) is 2.26. The average molecular weight is 284 g/mol. The minimum absolute atomic E-state index is 0.138. The predicted octanol–water partition coefficient (Wildman–Crippen LogP) is 1.70. The molecule has 2 aliphatic rings. The Hall–Kier alpha value is -1.72. The normalized spacial score (nSPS) is 29.1. The molecule has 21 heavy (non-hydrogen) atoms. The summed E-state index contributed by atoms with van der Waals surface area (Å²) >= 11 is 0. The van der Waals surface area contributed by atoms with Crippen molar-refractivity contribution in [2.75, 3.05) is 5.73 Å². The molecule has 2 bridgehead atoms. The van der Waals surface area contributed by atoms with Gasteiger partial charge in [-0.3, -0.25) is 4.90 Å². The number of anilines is 1. The summed E-state index contributed by atoms with van der Waals surface area (Å²) in [6.07, 6.45) is 3.95. The number of nitrogens with two attached hydrogens (primary N) is 1. The Morgan fingerprint density at radius 2 is 1.86 bits per heavy atom. The Bertz CT molecular complexity index is 660. The topological polar surface area (TPSA) is 75.3 Å². The monoisotopic (exact) mass is 284 g/mol. The van der Waals surface area contributed by atoms with Crippen LogP contribution in [0, 0.1) is 0 Å². The van der Waals surface area contributed by atoms with Crippen molar-refractivity contribution in [3.63, 3.8) is 0 Å². The average Bonchev–Trinajstić information content (AvgIpc) is 2.70. The Morgan fingerprint density at radius 1 is 1.14 bits per heavy atom. The van der Waals surface area contributed by atoms with E-state index in [9.17, 15) is 5.11 Å². The Morgan fingerprint density at radius 3 is 2.62 bits per heavy atom. The van der Waals surface area contributed by atoms with E-state index in [1.807, 2.05) is 24.3 Å². The van der Waals surface area contributed by atoms with Crippen molar-refractivity contribution in [1.82, 2.24) is 14.9 Å². The number of fused-ring (bicyclic) bond motifs is 3. The van der Waals surface area contributed by atoms with Gasteiger partial charge in [0.05, 0.1) is 18.2 Å². The molecular formula is C16H20N4O. The minimum atomic E-state index is -0.138. The molecule has 4 rings (SSSR count). The van der Waals surface area contributed by atoms with Gasteiger partial charge in [-0.1, -0.05) is 12.1 Å². The Kier molecular flexibility index (Phi) is 3.05. The van der Waals surface area contributed by atoms with Gasteiger partial charge < -0.3 is 10.8 Å². The highest BCUT2D eigenvalue weighted by Crippen LogP contribution is 2.36. The summed E-state index contributed by atoms with van der Waals surface area (Å²) in [6, 6.07) is 8.79. The molecule has 1 aromatic carbocycles. The van der Waals surface area contributed by atoms with Gasteiger partial charge in [-0.05, 0) is 37.8 Å². The number of piperidine rings is 1. The van der Waals surface area contributed by atoms with E-state index in [1.54, 1.807) is 0 Å². The lowest BCUT2D eigenvalue weighted by Crippen LogP contribution is -2.44. The van der Waals surface area contributed by atoms with Gasteiger partial charge in [0.1, 0.15) is 11.6 Å². The van der Waals surface area contributed by atoms with Crippen molar-refractivity contribution in [2.45, 2.75) is 50.4 Å². The van der Waals surface area contributed by atoms with Crippen LogP contribution in [0.25, 0.3) is 10.9 Å². The molecule has 0 spiro atoms. The van der Waals surface area contributed by atoms with Crippen LogP contribution in [0.15, 0.2) is 24.3 Å². The molecule has 5 nitrogen and oxygen atoms in total. The molecular weight excluding hydrogens is 264 g/mol. The molecule has 2 aliphatic heterocycles. The summed E-state index contributed by atoms with van der Waals surface area (Å²) in [7, 11) is 0. The largest absolute Gasteiger partial charge is 0.393 e. The lowest BCUT2D eigenvalue weighted by Gasteiger charge is -2.36. The standard InChI is InChI=1S/C16H20N4O/c17-16-13-3-1-2-4-14(13)18-15(19-16)9-20-10-5-6-11(20)8-12(21)7-10/h1-4,10-12,21H,5-9H2,(H2,17,18,19). The van der Waals surface area contributed by atoms with Gasteiger partial charge in [0, 0.05) is 17.5 Å². The maximum atomic E-state index is 9.88. The molecule has 1 aromatic heterocycles. The minimum Gasteiger partial charge on any atom is -0.393 e. The molecule has 2 fully saturated rings. The Labute approximate surface area is 123 Å². The van der Waals surface area contributed by atoms with E-state index in [0.29, 0.717) is 17.9 Å². The summed E-state index contributed by atoms with van der Waals surface area (Å²) in [4.78, 5) is 11.6. The van der Waals surface area contributed by atoms with Gasteiger partial charge in [0.15, 0.2) is 0 Å². The highest BCUT2D eigenvalue weighted by atomic mass is 16.3. The number of hydrogen-bond acceptors (Lipinski definition) is 5. The second-order valence-corrected chi connectivity index (χ2v) is 6.22. The molecule has 2 unspecified atom stereocenters. The van der Waals surface area contributed by atoms with Gasteiger partial charge >= 0.3 is 0 Å². The zero-order valence-corrected chi connectivity index (χ0v) is 11.9. The first-order valence-corrected chi connectivity index (χ1v) is 7.65. The zero-order chi connectivity index (χ0) is 14.4. The third-order valence-electron chi connectivity index (χ3n) is 4.86. The summed E-state index contributed by atoms with van der Waals surface area (Å²) in [6.45, 7) is 0.733. The van der Waals surface area contributed by atoms with Crippen LogP contribution in [0.1, 0.15) is 31.5 Å². The molecule has 5 heteroatoms. The first kappa shape index (κ1) is 13.0. The molecule has 3 heterocycles. The van der Waals surface area contributed by atoms with Crippen LogP contribution in [0.4, 0.5) is 5.82 Å². The van der Waals surface area contributed by atoms with Crippen molar-refractivity contribution in [3.05, 3.63) is 30.1 Å². The fourth-order valence-electron chi connectivity index (χ4n) is 3.89. The van der Waals surface area contributed by atoms with Crippen molar-refractivity contribution in [1.29, 1.82) is 0 Å². The van der Waals surface area contributed by atoms with Gasteiger partial charge in [-0.15, -0.1) is 0 Å². The highest BCUT2D eigenvalue weighted by Gasteiger charge is 2.40. The maximum absolute atomic E-state index is 9.88. The van der Waals surface area contributed by atoms with Gasteiger partial charge in [-0.2, -0.15) is 0 Å². The number of hydrogen-bond donors (Lipinski definition) is 2. The van der Waals surface area contributed by atoms with Crippen LogP contribution in [0.2, 0.25) is 0 Å². The van der Waals surface area contributed by atoms with Gasteiger partial charge in [0.2, 0.25) is 0 Å². The van der Waals surface area contributed by atoms with Crippen LogP contribution in [-0.2, 0) is 6.54 Å². The first-order chi connectivity index (χ1) is 10.2. The molecule has 2 atom stereocenters. The van der Waals surface area contributed by atoms with Gasteiger partial charge in [-0.25, -0.2) is 9.97 Å². The number of aliphatic hydroxyl groups excluding tert-OH is 1. The summed E-state index contributed by atoms with van der Waals surface area (Å²) in [5.41, 5.74) is 6.97. The third-order valence-corrected chi connectivity index (χ3v) is 4.86. The van der Waals surface area contributed by atoms with Gasteiger partial charge in [0.25, 0.3) is 0 Å². The number of para-hydroxylation sites is 1. The smallest absolute Gasteiger partial charge is 0.145 e. The summed E-state index contributed by atoms with van der Waals surface area (Å²) in [5, 5.41) is 10.8. The maximum Gasteiger partial charge on any atom is 0.145 e. The summed E-state index contributed by atoms with van der Waals surface area (Å²) < 4.78 is 0. The number of rotatable bonds is 2. The fraction of sp³-hybridized carbons (Fsp3) is 0.500. The summed E-state index contributed by atoms with van der Waals surface area (Å²) in [5.74, 6) is 1.35.